The summed E-state index contributed by atoms with van der Waals surface area (Å²) < 4.78 is 16.1. The van der Waals surface area contributed by atoms with Gasteiger partial charge in [-0.1, -0.05) is 24.3 Å². The molecule has 0 saturated carbocycles. The highest BCUT2D eigenvalue weighted by Crippen LogP contribution is 2.44. The first kappa shape index (κ1) is 22.3. The van der Waals surface area contributed by atoms with Gasteiger partial charge in [0.25, 0.3) is 0 Å². The monoisotopic (exact) mass is 463 g/mol. The maximum absolute atomic E-state index is 13.6. The van der Waals surface area contributed by atoms with E-state index in [0.717, 1.165) is 27.7 Å². The molecule has 0 aliphatic carbocycles. The largest absolute Gasteiger partial charge is 0.493 e. The SMILES string of the molecule is COCCCN1CC(=O)N2[C@H](c3ccc(OC)c(OC)c3)c3[nH]c4ccccc4c3C[C@H]2C1=O. The van der Waals surface area contributed by atoms with Crippen LogP contribution in [0.4, 0.5) is 0 Å². The minimum atomic E-state index is -0.561. The van der Waals surface area contributed by atoms with Gasteiger partial charge in [0.2, 0.25) is 11.8 Å². The lowest BCUT2D eigenvalue weighted by Crippen LogP contribution is -2.63. The first-order valence-electron chi connectivity index (χ1n) is 11.5. The smallest absolute Gasteiger partial charge is 0.246 e. The van der Waals surface area contributed by atoms with Gasteiger partial charge in [-0.25, -0.2) is 0 Å². The molecule has 2 atom stereocenters. The predicted octanol–water partition coefficient (Wildman–Crippen LogP) is 2.91. The molecule has 2 aliphatic rings. The van der Waals surface area contributed by atoms with Crippen molar-refractivity contribution < 1.29 is 23.8 Å². The molecule has 3 heterocycles. The molecule has 0 unspecified atom stereocenters. The number of ether oxygens (including phenoxy) is 3. The molecule has 0 radical (unpaired) electrons. The zero-order chi connectivity index (χ0) is 23.8. The van der Waals surface area contributed by atoms with Gasteiger partial charge in [-0.3, -0.25) is 9.59 Å². The van der Waals surface area contributed by atoms with Gasteiger partial charge in [-0.15, -0.1) is 0 Å². The number of aromatic nitrogens is 1. The van der Waals surface area contributed by atoms with Crippen molar-refractivity contribution in [1.82, 2.24) is 14.8 Å². The molecule has 178 valence electrons. The van der Waals surface area contributed by atoms with Gasteiger partial charge >= 0.3 is 0 Å². The molecule has 0 bridgehead atoms. The number of nitrogens with one attached hydrogen (secondary N) is 1. The third-order valence-electron chi connectivity index (χ3n) is 6.84. The fourth-order valence-electron chi connectivity index (χ4n) is 5.28. The highest BCUT2D eigenvalue weighted by Gasteiger charge is 2.48. The van der Waals surface area contributed by atoms with Crippen LogP contribution in [0.2, 0.25) is 0 Å². The second-order valence-electron chi connectivity index (χ2n) is 8.71. The number of hydrogen-bond donors (Lipinski definition) is 1. The van der Waals surface area contributed by atoms with E-state index >= 15 is 0 Å². The molecule has 1 aromatic heterocycles. The Kier molecular flexibility index (Phi) is 5.91. The number of H-pyrrole nitrogens is 1. The second kappa shape index (κ2) is 9.02. The number of nitrogens with zero attached hydrogens (tertiary/aromatic N) is 2. The minimum absolute atomic E-state index is 0.0166. The topological polar surface area (TPSA) is 84.1 Å². The lowest BCUT2D eigenvalue weighted by molar-refractivity contribution is -0.158. The number of para-hydroxylation sites is 1. The molecule has 1 N–H and O–H groups in total. The number of amides is 2. The Morgan fingerprint density at radius 2 is 1.82 bits per heavy atom. The van der Waals surface area contributed by atoms with Crippen molar-refractivity contribution in [2.45, 2.75) is 24.9 Å². The molecule has 5 rings (SSSR count). The van der Waals surface area contributed by atoms with Crippen LogP contribution in [0.5, 0.6) is 11.5 Å². The van der Waals surface area contributed by atoms with Gasteiger partial charge < -0.3 is 29.0 Å². The predicted molar refractivity (Wildman–Crippen MR) is 127 cm³/mol. The Morgan fingerprint density at radius 3 is 2.59 bits per heavy atom. The van der Waals surface area contributed by atoms with Crippen LogP contribution in [0.1, 0.15) is 29.3 Å². The molecular weight excluding hydrogens is 434 g/mol. The Balaban J connectivity index is 1.63. The molecule has 2 amide bonds. The fraction of sp³-hybridized carbons (Fsp3) is 0.385. The number of rotatable bonds is 7. The van der Waals surface area contributed by atoms with Crippen molar-refractivity contribution in [3.63, 3.8) is 0 Å². The third kappa shape index (κ3) is 3.58. The first-order valence-corrected chi connectivity index (χ1v) is 11.5. The Bertz CT molecular complexity index is 1240. The number of benzene rings is 2. The summed E-state index contributed by atoms with van der Waals surface area (Å²) in [4.78, 5) is 34.1. The van der Waals surface area contributed by atoms with E-state index in [1.54, 1.807) is 31.1 Å². The van der Waals surface area contributed by atoms with Crippen molar-refractivity contribution in [3.8, 4) is 11.5 Å². The van der Waals surface area contributed by atoms with E-state index in [9.17, 15) is 9.59 Å². The summed E-state index contributed by atoms with van der Waals surface area (Å²) in [5.74, 6) is 1.11. The van der Waals surface area contributed by atoms with E-state index in [-0.39, 0.29) is 18.4 Å². The van der Waals surface area contributed by atoms with Crippen molar-refractivity contribution in [3.05, 3.63) is 59.3 Å². The summed E-state index contributed by atoms with van der Waals surface area (Å²) in [7, 11) is 4.82. The third-order valence-corrected chi connectivity index (χ3v) is 6.84. The number of carbonyl (C=O) groups is 2. The molecule has 3 aromatic rings. The van der Waals surface area contributed by atoms with Gasteiger partial charge in [-0.2, -0.15) is 0 Å². The normalized spacial score (nSPS) is 19.9. The average Bonchev–Trinajstić information content (AvgIpc) is 3.23. The van der Waals surface area contributed by atoms with Crippen LogP contribution in [0.15, 0.2) is 42.5 Å². The number of hydrogen-bond acceptors (Lipinski definition) is 5. The van der Waals surface area contributed by atoms with Gasteiger partial charge in [0.15, 0.2) is 11.5 Å². The van der Waals surface area contributed by atoms with E-state index in [1.165, 1.54) is 0 Å². The minimum Gasteiger partial charge on any atom is -0.493 e. The second-order valence-corrected chi connectivity index (χ2v) is 8.71. The molecule has 34 heavy (non-hydrogen) atoms. The van der Waals surface area contributed by atoms with E-state index in [2.05, 4.69) is 11.1 Å². The average molecular weight is 464 g/mol. The Hall–Kier alpha value is -3.52. The standard InChI is InChI=1S/C26H29N3O5/c1-32-12-6-11-28-15-23(30)29-20(26(28)31)14-18-17-7-4-5-8-19(17)27-24(18)25(29)16-9-10-21(33-2)22(13-16)34-3/h4-5,7-10,13,20,25,27H,6,11-12,14-15H2,1-3H3/t20-,25+/m0/s1. The fourth-order valence-corrected chi connectivity index (χ4v) is 5.28. The molecule has 1 saturated heterocycles. The van der Waals surface area contributed by atoms with Crippen molar-refractivity contribution in [2.24, 2.45) is 0 Å². The van der Waals surface area contributed by atoms with Gasteiger partial charge in [0, 0.05) is 43.3 Å². The summed E-state index contributed by atoms with van der Waals surface area (Å²) in [6.45, 7) is 1.12. The lowest BCUT2D eigenvalue weighted by Gasteiger charge is -2.47. The van der Waals surface area contributed by atoms with E-state index < -0.39 is 12.1 Å². The summed E-state index contributed by atoms with van der Waals surface area (Å²) in [6.07, 6.45) is 1.17. The summed E-state index contributed by atoms with van der Waals surface area (Å²) in [5.41, 5.74) is 3.88. The van der Waals surface area contributed by atoms with Crippen LogP contribution >= 0.6 is 0 Å². The highest BCUT2D eigenvalue weighted by molar-refractivity contribution is 5.97. The number of carbonyl (C=O) groups excluding carboxylic acids is 2. The van der Waals surface area contributed by atoms with Gasteiger partial charge in [-0.05, 0) is 35.7 Å². The maximum atomic E-state index is 13.6. The van der Waals surface area contributed by atoms with E-state index in [4.69, 9.17) is 14.2 Å². The Labute approximate surface area is 198 Å². The molecule has 8 heteroatoms. The summed E-state index contributed by atoms with van der Waals surface area (Å²) >= 11 is 0. The first-order chi connectivity index (χ1) is 16.6. The number of piperazine rings is 1. The van der Waals surface area contributed by atoms with Crippen LogP contribution in [-0.4, -0.2) is 73.7 Å². The van der Waals surface area contributed by atoms with Crippen molar-refractivity contribution in [1.29, 1.82) is 0 Å². The lowest BCUT2D eigenvalue weighted by atomic mass is 9.86. The van der Waals surface area contributed by atoms with Crippen molar-refractivity contribution >= 4 is 22.7 Å². The number of aromatic amines is 1. The van der Waals surface area contributed by atoms with Gasteiger partial charge in [0.1, 0.15) is 6.04 Å². The molecule has 2 aliphatic heterocycles. The molecule has 1 fully saturated rings. The zero-order valence-electron chi connectivity index (χ0n) is 19.7. The van der Waals surface area contributed by atoms with Crippen LogP contribution in [-0.2, 0) is 20.7 Å². The van der Waals surface area contributed by atoms with Crippen LogP contribution < -0.4 is 9.47 Å². The van der Waals surface area contributed by atoms with Crippen molar-refractivity contribution in [2.75, 3.05) is 41.0 Å². The summed E-state index contributed by atoms with van der Waals surface area (Å²) in [6, 6.07) is 12.8. The summed E-state index contributed by atoms with van der Waals surface area (Å²) in [5, 5.41) is 1.08. The quantitative estimate of drug-likeness (QED) is 0.545. The van der Waals surface area contributed by atoms with Crippen LogP contribution in [0.25, 0.3) is 10.9 Å². The number of fused-ring (bicyclic) bond motifs is 4. The molecule has 2 aromatic carbocycles. The maximum Gasteiger partial charge on any atom is 0.246 e. The zero-order valence-corrected chi connectivity index (χ0v) is 19.7. The Morgan fingerprint density at radius 1 is 1.03 bits per heavy atom. The molecule has 0 spiro atoms. The van der Waals surface area contributed by atoms with Gasteiger partial charge in [0.05, 0.1) is 26.8 Å². The van der Waals surface area contributed by atoms with Crippen LogP contribution in [0.3, 0.4) is 0 Å². The van der Waals surface area contributed by atoms with Crippen LogP contribution in [0, 0.1) is 0 Å². The highest BCUT2D eigenvalue weighted by atomic mass is 16.5. The number of methoxy groups -OCH3 is 3. The molecular formula is C26H29N3O5. The van der Waals surface area contributed by atoms with E-state index in [0.29, 0.717) is 37.5 Å². The molecule has 8 nitrogen and oxygen atoms in total. The van der Waals surface area contributed by atoms with E-state index in [1.807, 2.05) is 36.4 Å².